The molecule has 0 saturated heterocycles. The summed E-state index contributed by atoms with van der Waals surface area (Å²) in [6.45, 7) is 0. The van der Waals surface area contributed by atoms with E-state index >= 15 is 0 Å². The second-order valence-electron chi connectivity index (χ2n) is 3.92. The van der Waals surface area contributed by atoms with E-state index in [9.17, 15) is 8.78 Å². The van der Waals surface area contributed by atoms with Crippen LogP contribution in [0.4, 0.5) is 8.78 Å². The Bertz CT molecular complexity index is 602. The van der Waals surface area contributed by atoms with Crippen molar-refractivity contribution in [3.8, 4) is 5.75 Å². The minimum absolute atomic E-state index is 0.137. The van der Waals surface area contributed by atoms with Gasteiger partial charge < -0.3 is 4.74 Å². The zero-order valence-corrected chi connectivity index (χ0v) is 11.5. The molecule has 0 amide bonds. The van der Waals surface area contributed by atoms with Gasteiger partial charge in [0.2, 0.25) is 0 Å². The zero-order chi connectivity index (χ0) is 14.0. The summed E-state index contributed by atoms with van der Waals surface area (Å²) in [6.07, 6.45) is 0. The highest BCUT2D eigenvalue weighted by molar-refractivity contribution is 6.33. The third-order valence-electron chi connectivity index (χ3n) is 2.70. The third kappa shape index (κ3) is 2.99. The van der Waals surface area contributed by atoms with Crippen molar-refractivity contribution in [2.24, 2.45) is 0 Å². The van der Waals surface area contributed by atoms with Crippen molar-refractivity contribution in [3.05, 3.63) is 64.2 Å². The maximum absolute atomic E-state index is 13.6. The molecule has 19 heavy (non-hydrogen) atoms. The second kappa shape index (κ2) is 5.76. The highest BCUT2D eigenvalue weighted by Gasteiger charge is 2.16. The van der Waals surface area contributed by atoms with E-state index in [2.05, 4.69) is 0 Å². The van der Waals surface area contributed by atoms with E-state index in [0.29, 0.717) is 11.1 Å². The maximum atomic E-state index is 13.6. The number of methoxy groups -OCH3 is 1. The number of hydrogen-bond donors (Lipinski definition) is 0. The van der Waals surface area contributed by atoms with Crippen LogP contribution < -0.4 is 4.74 Å². The van der Waals surface area contributed by atoms with Crippen LogP contribution in [0.25, 0.3) is 0 Å². The molecule has 2 rings (SSSR count). The summed E-state index contributed by atoms with van der Waals surface area (Å²) < 4.78 is 31.4. The fourth-order valence-electron chi connectivity index (χ4n) is 1.73. The molecular weight excluding hydrogens is 293 g/mol. The van der Waals surface area contributed by atoms with Crippen molar-refractivity contribution in [1.82, 2.24) is 0 Å². The van der Waals surface area contributed by atoms with Crippen LogP contribution in [0.15, 0.2) is 36.4 Å². The molecule has 1 nitrogen and oxygen atoms in total. The lowest BCUT2D eigenvalue weighted by molar-refractivity contribution is 0.386. The van der Waals surface area contributed by atoms with Gasteiger partial charge in [-0.25, -0.2) is 8.78 Å². The lowest BCUT2D eigenvalue weighted by Crippen LogP contribution is -1.97. The molecule has 0 aromatic heterocycles. The van der Waals surface area contributed by atoms with Crippen LogP contribution in [0.2, 0.25) is 5.02 Å². The number of benzene rings is 2. The third-order valence-corrected chi connectivity index (χ3v) is 3.52. The molecule has 0 fully saturated rings. The molecule has 0 aliphatic rings. The number of alkyl halides is 1. The minimum Gasteiger partial charge on any atom is -0.494 e. The summed E-state index contributed by atoms with van der Waals surface area (Å²) >= 11 is 12.2. The molecule has 2 aromatic rings. The van der Waals surface area contributed by atoms with Gasteiger partial charge in [0.05, 0.1) is 12.5 Å². The minimum atomic E-state index is -0.659. The second-order valence-corrected chi connectivity index (χ2v) is 4.77. The van der Waals surface area contributed by atoms with Crippen molar-refractivity contribution in [1.29, 1.82) is 0 Å². The molecular formula is C14H10Cl2F2O. The topological polar surface area (TPSA) is 9.23 Å². The van der Waals surface area contributed by atoms with Gasteiger partial charge in [-0.3, -0.25) is 0 Å². The Morgan fingerprint density at radius 2 is 1.84 bits per heavy atom. The monoisotopic (exact) mass is 302 g/mol. The van der Waals surface area contributed by atoms with E-state index in [4.69, 9.17) is 27.9 Å². The molecule has 0 radical (unpaired) electrons. The van der Waals surface area contributed by atoms with E-state index in [1.807, 2.05) is 0 Å². The largest absolute Gasteiger partial charge is 0.494 e. The van der Waals surface area contributed by atoms with Gasteiger partial charge in [-0.1, -0.05) is 23.7 Å². The number of halogens is 4. The highest BCUT2D eigenvalue weighted by Crippen LogP contribution is 2.35. The van der Waals surface area contributed by atoms with E-state index in [0.717, 1.165) is 0 Å². The first kappa shape index (κ1) is 14.1. The number of rotatable bonds is 3. The zero-order valence-electron chi connectivity index (χ0n) is 9.96. The Balaban J connectivity index is 2.38. The summed E-state index contributed by atoms with van der Waals surface area (Å²) in [6, 6.07) is 8.31. The summed E-state index contributed by atoms with van der Waals surface area (Å²) in [7, 11) is 1.38. The average Bonchev–Trinajstić information content (AvgIpc) is 2.38. The normalized spacial score (nSPS) is 12.3. The molecule has 1 atom stereocenters. The van der Waals surface area contributed by atoms with E-state index in [-0.39, 0.29) is 10.8 Å². The fraction of sp³-hybridized carbons (Fsp3) is 0.143. The van der Waals surface area contributed by atoms with Crippen molar-refractivity contribution in [3.63, 3.8) is 0 Å². The Kier molecular flexibility index (Phi) is 4.27. The summed E-state index contributed by atoms with van der Waals surface area (Å²) in [5.41, 5.74) is 1.04. The lowest BCUT2D eigenvalue weighted by Gasteiger charge is -2.13. The van der Waals surface area contributed by atoms with Crippen molar-refractivity contribution < 1.29 is 13.5 Å². The molecule has 0 aliphatic carbocycles. The van der Waals surface area contributed by atoms with Gasteiger partial charge in [-0.2, -0.15) is 0 Å². The molecule has 0 N–H and O–H groups in total. The number of hydrogen-bond acceptors (Lipinski definition) is 1. The standard InChI is InChI=1S/C14H10Cl2F2O/c1-19-13-5-2-8(6-12(13)18)14(16)10-4-3-9(17)7-11(10)15/h2-7,14H,1H3. The van der Waals surface area contributed by atoms with E-state index in [1.54, 1.807) is 6.07 Å². The molecule has 0 saturated carbocycles. The molecule has 1 unspecified atom stereocenters. The molecule has 100 valence electrons. The smallest absolute Gasteiger partial charge is 0.165 e. The first-order chi connectivity index (χ1) is 9.02. The van der Waals surface area contributed by atoms with Crippen LogP contribution in [0.5, 0.6) is 5.75 Å². The van der Waals surface area contributed by atoms with Gasteiger partial charge >= 0.3 is 0 Å². The molecule has 0 spiro atoms. The summed E-state index contributed by atoms with van der Waals surface area (Å²) in [5.74, 6) is -0.819. The lowest BCUT2D eigenvalue weighted by atomic mass is 10.0. The maximum Gasteiger partial charge on any atom is 0.165 e. The highest BCUT2D eigenvalue weighted by atomic mass is 35.5. The Labute approximate surface area is 119 Å². The van der Waals surface area contributed by atoms with Crippen molar-refractivity contribution >= 4 is 23.2 Å². The SMILES string of the molecule is COc1ccc(C(Cl)c2ccc(F)cc2Cl)cc1F. The van der Waals surface area contributed by atoms with Gasteiger partial charge in [0.1, 0.15) is 5.82 Å². The molecule has 0 bridgehead atoms. The van der Waals surface area contributed by atoms with Crippen molar-refractivity contribution in [2.75, 3.05) is 7.11 Å². The van der Waals surface area contributed by atoms with Gasteiger partial charge in [0.25, 0.3) is 0 Å². The first-order valence-electron chi connectivity index (χ1n) is 5.45. The van der Waals surface area contributed by atoms with Gasteiger partial charge in [0, 0.05) is 5.02 Å². The van der Waals surface area contributed by atoms with Crippen LogP contribution in [0.1, 0.15) is 16.5 Å². The quantitative estimate of drug-likeness (QED) is 0.729. The van der Waals surface area contributed by atoms with E-state index < -0.39 is 17.0 Å². The predicted octanol–water partition coefficient (Wildman–Crippen LogP) is 4.96. The Hall–Kier alpha value is -1.32. The van der Waals surface area contributed by atoms with Gasteiger partial charge in [0.15, 0.2) is 11.6 Å². The van der Waals surface area contributed by atoms with Crippen LogP contribution in [-0.4, -0.2) is 7.11 Å². The first-order valence-corrected chi connectivity index (χ1v) is 6.27. The summed E-state index contributed by atoms with van der Waals surface area (Å²) in [5, 5.41) is -0.454. The fourth-order valence-corrected chi connectivity index (χ4v) is 2.39. The molecule has 2 aromatic carbocycles. The average molecular weight is 303 g/mol. The Morgan fingerprint density at radius 1 is 1.11 bits per heavy atom. The van der Waals surface area contributed by atoms with E-state index in [1.165, 1.54) is 37.4 Å². The van der Waals surface area contributed by atoms with Crippen LogP contribution in [0, 0.1) is 11.6 Å². The van der Waals surface area contributed by atoms with Gasteiger partial charge in [-0.05, 0) is 35.4 Å². The van der Waals surface area contributed by atoms with Crippen molar-refractivity contribution in [2.45, 2.75) is 5.38 Å². The van der Waals surface area contributed by atoms with Crippen LogP contribution in [-0.2, 0) is 0 Å². The summed E-state index contributed by atoms with van der Waals surface area (Å²) in [4.78, 5) is 0. The van der Waals surface area contributed by atoms with Gasteiger partial charge in [-0.15, -0.1) is 11.6 Å². The molecule has 0 aliphatic heterocycles. The Morgan fingerprint density at radius 3 is 2.42 bits per heavy atom. The van der Waals surface area contributed by atoms with Crippen LogP contribution in [0.3, 0.4) is 0 Å². The predicted molar refractivity (Wildman–Crippen MR) is 72.1 cm³/mol. The van der Waals surface area contributed by atoms with Crippen LogP contribution >= 0.6 is 23.2 Å². The number of ether oxygens (including phenoxy) is 1. The molecule has 0 heterocycles. The molecule has 5 heteroatoms.